The Balaban J connectivity index is 2.39. The first-order valence-corrected chi connectivity index (χ1v) is 9.00. The highest BCUT2D eigenvalue weighted by atomic mass is 35.5. The molecule has 2 aromatic carbocycles. The monoisotopic (exact) mass is 372 g/mol. The molecule has 0 unspecified atom stereocenters. The van der Waals surface area contributed by atoms with E-state index < -0.39 is 20.6 Å². The average molecular weight is 373 g/mol. The highest BCUT2D eigenvalue weighted by molar-refractivity contribution is 7.90. The second kappa shape index (κ2) is 6.74. The van der Waals surface area contributed by atoms with Crippen molar-refractivity contribution < 1.29 is 17.7 Å². The van der Waals surface area contributed by atoms with Crippen LogP contribution >= 0.6 is 11.6 Å². The summed E-state index contributed by atoms with van der Waals surface area (Å²) in [5.41, 5.74) is 0.457. The van der Waals surface area contributed by atoms with E-state index in [0.717, 1.165) is 12.3 Å². The van der Waals surface area contributed by atoms with Gasteiger partial charge in [-0.15, -0.1) is 0 Å². The summed E-state index contributed by atoms with van der Waals surface area (Å²) in [6, 6.07) is 7.94. The molecule has 0 aliphatic carbocycles. The molecule has 0 saturated heterocycles. The minimum Gasteiger partial charge on any atom is -0.365 e. The molecule has 9 heteroatoms. The van der Waals surface area contributed by atoms with Crippen molar-refractivity contribution in [1.29, 1.82) is 0 Å². The lowest BCUT2D eigenvalue weighted by Gasteiger charge is -2.19. The fraction of sp³-hybridized carbons (Fsp3) is 0.200. The largest absolute Gasteiger partial charge is 0.365 e. The summed E-state index contributed by atoms with van der Waals surface area (Å²) < 4.78 is 36.6. The Labute approximate surface area is 143 Å². The third-order valence-corrected chi connectivity index (χ3v) is 4.80. The van der Waals surface area contributed by atoms with Crippen molar-refractivity contribution in [1.82, 2.24) is 0 Å². The number of anilines is 1. The minimum atomic E-state index is -3.56. The molecular weight excluding hydrogens is 359 g/mol. The van der Waals surface area contributed by atoms with Gasteiger partial charge in [0.05, 0.1) is 14.8 Å². The number of halogens is 2. The summed E-state index contributed by atoms with van der Waals surface area (Å²) in [7, 11) is -1.97. The van der Waals surface area contributed by atoms with Gasteiger partial charge >= 0.3 is 0 Å². The Bertz CT molecular complexity index is 902. The van der Waals surface area contributed by atoms with Crippen molar-refractivity contribution in [2.24, 2.45) is 0 Å². The predicted molar refractivity (Wildman–Crippen MR) is 89.7 cm³/mol. The van der Waals surface area contributed by atoms with Gasteiger partial charge in [-0.3, -0.25) is 10.1 Å². The molecule has 0 N–H and O–H groups in total. The van der Waals surface area contributed by atoms with Gasteiger partial charge in [0.2, 0.25) is 0 Å². The number of hydrogen-bond donors (Lipinski definition) is 0. The van der Waals surface area contributed by atoms with Crippen LogP contribution in [0.3, 0.4) is 0 Å². The number of rotatable bonds is 5. The van der Waals surface area contributed by atoms with E-state index in [1.165, 1.54) is 29.2 Å². The average Bonchev–Trinajstić information content (AvgIpc) is 2.49. The van der Waals surface area contributed by atoms with Crippen LogP contribution in [-0.4, -0.2) is 26.6 Å². The number of nitro groups is 1. The maximum absolute atomic E-state index is 13.5. The Hall–Kier alpha value is -2.19. The van der Waals surface area contributed by atoms with Crippen LogP contribution in [0.25, 0.3) is 0 Å². The van der Waals surface area contributed by atoms with E-state index in [1.54, 1.807) is 13.1 Å². The molecule has 0 radical (unpaired) electrons. The van der Waals surface area contributed by atoms with Gasteiger partial charge in [0.25, 0.3) is 5.69 Å². The molecule has 0 aromatic heterocycles. The van der Waals surface area contributed by atoms with Crippen LogP contribution in [-0.2, 0) is 16.4 Å². The number of hydrogen-bond acceptors (Lipinski definition) is 5. The lowest BCUT2D eigenvalue weighted by atomic mass is 10.2. The second-order valence-electron chi connectivity index (χ2n) is 5.28. The summed E-state index contributed by atoms with van der Waals surface area (Å²) in [5.74, 6) is -0.579. The van der Waals surface area contributed by atoms with Gasteiger partial charge < -0.3 is 4.90 Å². The quantitative estimate of drug-likeness (QED) is 0.593. The minimum absolute atomic E-state index is 0.00936. The predicted octanol–water partition coefficient (Wildman–Crippen LogP) is 3.43. The molecule has 2 aromatic rings. The van der Waals surface area contributed by atoms with E-state index in [1.807, 2.05) is 0 Å². The SMILES string of the molecule is CN(Cc1ccc(Cl)c(F)c1)c1ccc(S(C)(=O)=O)cc1[N+](=O)[O-]. The summed E-state index contributed by atoms with van der Waals surface area (Å²) >= 11 is 5.63. The summed E-state index contributed by atoms with van der Waals surface area (Å²) in [6.07, 6.45) is 0.978. The zero-order valence-corrected chi connectivity index (χ0v) is 14.4. The summed E-state index contributed by atoms with van der Waals surface area (Å²) in [6.45, 7) is 0.188. The lowest BCUT2D eigenvalue weighted by molar-refractivity contribution is -0.384. The molecule has 0 saturated carbocycles. The molecule has 0 atom stereocenters. The highest BCUT2D eigenvalue weighted by Gasteiger charge is 2.21. The van der Waals surface area contributed by atoms with E-state index in [9.17, 15) is 22.9 Å². The molecule has 0 fully saturated rings. The standard InChI is InChI=1S/C15H14ClFN2O4S/c1-18(9-10-3-5-12(16)13(17)7-10)14-6-4-11(24(2,22)23)8-15(14)19(20)21/h3-8H,9H2,1-2H3. The van der Waals surface area contributed by atoms with E-state index in [0.29, 0.717) is 5.56 Å². The van der Waals surface area contributed by atoms with E-state index in [-0.39, 0.29) is 27.8 Å². The molecule has 2 rings (SSSR count). The second-order valence-corrected chi connectivity index (χ2v) is 7.71. The van der Waals surface area contributed by atoms with Gasteiger partial charge in [0.15, 0.2) is 9.84 Å². The lowest BCUT2D eigenvalue weighted by Crippen LogP contribution is -2.18. The molecule has 24 heavy (non-hydrogen) atoms. The third kappa shape index (κ3) is 4.01. The molecular formula is C15H14ClFN2O4S. The molecule has 0 heterocycles. The molecule has 0 spiro atoms. The number of benzene rings is 2. The van der Waals surface area contributed by atoms with Gasteiger partial charge in [-0.05, 0) is 29.8 Å². The van der Waals surface area contributed by atoms with Crippen molar-refractivity contribution in [3.63, 3.8) is 0 Å². The zero-order valence-electron chi connectivity index (χ0n) is 12.9. The Morgan fingerprint density at radius 3 is 2.46 bits per heavy atom. The van der Waals surface area contributed by atoms with Gasteiger partial charge in [-0.1, -0.05) is 17.7 Å². The van der Waals surface area contributed by atoms with Crippen molar-refractivity contribution in [2.75, 3.05) is 18.2 Å². The van der Waals surface area contributed by atoms with Gasteiger partial charge in [0.1, 0.15) is 11.5 Å². The number of nitrogens with zero attached hydrogens (tertiary/aromatic N) is 2. The van der Waals surface area contributed by atoms with Crippen LogP contribution in [0.5, 0.6) is 0 Å². The first-order valence-electron chi connectivity index (χ1n) is 6.73. The van der Waals surface area contributed by atoms with E-state index in [2.05, 4.69) is 0 Å². The Kier molecular flexibility index (Phi) is 5.10. The zero-order chi connectivity index (χ0) is 18.1. The molecule has 0 amide bonds. The highest BCUT2D eigenvalue weighted by Crippen LogP contribution is 2.31. The first kappa shape index (κ1) is 18.2. The van der Waals surface area contributed by atoms with Crippen LogP contribution in [0.1, 0.15) is 5.56 Å². The Morgan fingerprint density at radius 1 is 1.25 bits per heavy atom. The van der Waals surface area contributed by atoms with Gasteiger partial charge in [-0.25, -0.2) is 12.8 Å². The smallest absolute Gasteiger partial charge is 0.293 e. The van der Waals surface area contributed by atoms with Crippen LogP contribution < -0.4 is 4.90 Å². The molecule has 0 aliphatic rings. The van der Waals surface area contributed by atoms with E-state index >= 15 is 0 Å². The summed E-state index contributed by atoms with van der Waals surface area (Å²) in [4.78, 5) is 12.0. The van der Waals surface area contributed by atoms with Crippen LogP contribution in [0, 0.1) is 15.9 Å². The normalized spacial score (nSPS) is 11.3. The van der Waals surface area contributed by atoms with Crippen molar-refractivity contribution >= 4 is 32.8 Å². The van der Waals surface area contributed by atoms with Gasteiger partial charge in [-0.2, -0.15) is 0 Å². The van der Waals surface area contributed by atoms with Gasteiger partial charge in [0, 0.05) is 25.9 Å². The van der Waals surface area contributed by atoms with Crippen LogP contribution in [0.15, 0.2) is 41.3 Å². The first-order chi connectivity index (χ1) is 11.1. The molecule has 128 valence electrons. The maximum atomic E-state index is 13.5. The van der Waals surface area contributed by atoms with Crippen LogP contribution in [0.2, 0.25) is 5.02 Å². The molecule has 0 bridgehead atoms. The van der Waals surface area contributed by atoms with E-state index in [4.69, 9.17) is 11.6 Å². The van der Waals surface area contributed by atoms with Crippen molar-refractivity contribution in [2.45, 2.75) is 11.4 Å². The van der Waals surface area contributed by atoms with Crippen molar-refractivity contribution in [3.8, 4) is 0 Å². The molecule has 0 aliphatic heterocycles. The van der Waals surface area contributed by atoms with Crippen LogP contribution in [0.4, 0.5) is 15.8 Å². The maximum Gasteiger partial charge on any atom is 0.293 e. The molecule has 6 nitrogen and oxygen atoms in total. The summed E-state index contributed by atoms with van der Waals surface area (Å²) in [5, 5.41) is 11.3. The fourth-order valence-electron chi connectivity index (χ4n) is 2.20. The number of sulfone groups is 1. The van der Waals surface area contributed by atoms with Crippen molar-refractivity contribution in [3.05, 3.63) is 62.9 Å². The number of nitro benzene ring substituents is 1. The third-order valence-electron chi connectivity index (χ3n) is 3.39. The fourth-order valence-corrected chi connectivity index (χ4v) is 2.96. The topological polar surface area (TPSA) is 80.5 Å². The Morgan fingerprint density at radius 2 is 1.92 bits per heavy atom.